The first-order chi connectivity index (χ1) is 8.73. The number of allylic oxidation sites excluding steroid dienone is 1. The van der Waals surface area contributed by atoms with Gasteiger partial charge in [0, 0.05) is 5.41 Å². The summed E-state index contributed by atoms with van der Waals surface area (Å²) in [4.78, 5) is 11.8. The number of aliphatic hydroxyl groups excluding tert-OH is 1. The molecular weight excluding hydrogens is 244 g/mol. The number of hydrogen-bond donors (Lipinski definition) is 2. The molecule has 0 aromatic carbocycles. The molecule has 0 unspecified atom stereocenters. The van der Waals surface area contributed by atoms with Crippen molar-refractivity contribution < 1.29 is 19.7 Å². The Hall–Kier alpha value is -0.870. The number of carbonyl (C=O) groups excluding carboxylic acids is 1. The van der Waals surface area contributed by atoms with E-state index in [-0.39, 0.29) is 17.9 Å². The van der Waals surface area contributed by atoms with Crippen LogP contribution in [0.25, 0.3) is 0 Å². The van der Waals surface area contributed by atoms with Gasteiger partial charge in [0.2, 0.25) is 0 Å². The van der Waals surface area contributed by atoms with E-state index in [4.69, 9.17) is 4.74 Å². The number of aliphatic hydroxyl groups is 2. The van der Waals surface area contributed by atoms with Gasteiger partial charge in [0.15, 0.2) is 0 Å². The predicted molar refractivity (Wildman–Crippen MR) is 69.2 cm³/mol. The summed E-state index contributed by atoms with van der Waals surface area (Å²) in [5, 5.41) is 21.6. The van der Waals surface area contributed by atoms with Gasteiger partial charge in [-0.2, -0.15) is 0 Å². The highest BCUT2D eigenvalue weighted by Crippen LogP contribution is 2.62. The van der Waals surface area contributed by atoms with Crippen molar-refractivity contribution in [3.05, 3.63) is 11.6 Å². The highest BCUT2D eigenvalue weighted by molar-refractivity contribution is 5.93. The van der Waals surface area contributed by atoms with E-state index in [1.165, 1.54) is 0 Å². The molecule has 0 spiro atoms. The van der Waals surface area contributed by atoms with Crippen molar-refractivity contribution in [2.75, 3.05) is 6.61 Å². The molecule has 106 valence electrons. The first-order valence-electron chi connectivity index (χ1n) is 7.02. The van der Waals surface area contributed by atoms with Gasteiger partial charge >= 0.3 is 5.97 Å². The number of fused-ring (bicyclic) bond motifs is 3. The summed E-state index contributed by atoms with van der Waals surface area (Å²) in [6.07, 6.45) is 3.52. The van der Waals surface area contributed by atoms with Crippen molar-refractivity contribution in [2.24, 2.45) is 16.7 Å². The van der Waals surface area contributed by atoms with Crippen molar-refractivity contribution >= 4 is 5.97 Å². The molecule has 3 aliphatic rings. The van der Waals surface area contributed by atoms with Crippen LogP contribution < -0.4 is 0 Å². The zero-order chi connectivity index (χ0) is 14.1. The Kier molecular flexibility index (Phi) is 2.50. The van der Waals surface area contributed by atoms with Crippen LogP contribution in [0.15, 0.2) is 11.6 Å². The molecule has 1 aliphatic heterocycles. The van der Waals surface area contributed by atoms with Gasteiger partial charge in [-0.05, 0) is 30.6 Å². The standard InChI is InChI=1S/C15H22O4/c1-13(2)7-6-11(16)14(3)10(13)5-4-9-12(17)19-8-15(9,14)18/h4,10-11,16,18H,5-8H2,1-3H3/t10-,11-,14+,15+/m0/s1. The molecule has 1 saturated carbocycles. The average molecular weight is 266 g/mol. The van der Waals surface area contributed by atoms with E-state index < -0.39 is 23.1 Å². The summed E-state index contributed by atoms with van der Waals surface area (Å²) in [5.74, 6) is -0.287. The lowest BCUT2D eigenvalue weighted by Gasteiger charge is -2.60. The number of rotatable bonds is 0. The van der Waals surface area contributed by atoms with E-state index in [9.17, 15) is 15.0 Å². The van der Waals surface area contributed by atoms with Crippen molar-refractivity contribution in [1.82, 2.24) is 0 Å². The summed E-state index contributed by atoms with van der Waals surface area (Å²) in [6.45, 7) is 6.25. The lowest BCUT2D eigenvalue weighted by atomic mass is 9.46. The fourth-order valence-corrected chi connectivity index (χ4v) is 4.58. The summed E-state index contributed by atoms with van der Waals surface area (Å²) in [6, 6.07) is 0. The molecular formula is C15H22O4. The number of hydrogen-bond acceptors (Lipinski definition) is 4. The quantitative estimate of drug-likeness (QED) is 0.651. The molecule has 0 aromatic rings. The monoisotopic (exact) mass is 266 g/mol. The van der Waals surface area contributed by atoms with Gasteiger partial charge in [0.25, 0.3) is 0 Å². The lowest BCUT2D eigenvalue weighted by Crippen LogP contribution is -2.65. The maximum Gasteiger partial charge on any atom is 0.336 e. The van der Waals surface area contributed by atoms with Gasteiger partial charge in [0.05, 0.1) is 11.7 Å². The molecule has 19 heavy (non-hydrogen) atoms. The molecule has 2 fully saturated rings. The Bertz CT molecular complexity index is 467. The third kappa shape index (κ3) is 1.39. The molecule has 1 saturated heterocycles. The van der Waals surface area contributed by atoms with E-state index in [2.05, 4.69) is 13.8 Å². The Morgan fingerprint density at radius 2 is 2.05 bits per heavy atom. The van der Waals surface area contributed by atoms with Crippen molar-refractivity contribution in [1.29, 1.82) is 0 Å². The largest absolute Gasteiger partial charge is 0.459 e. The van der Waals surface area contributed by atoms with Gasteiger partial charge in [0.1, 0.15) is 12.2 Å². The second kappa shape index (κ2) is 3.61. The van der Waals surface area contributed by atoms with Crippen LogP contribution in [-0.4, -0.2) is 34.5 Å². The smallest absolute Gasteiger partial charge is 0.336 e. The minimum absolute atomic E-state index is 0.0300. The molecule has 2 N–H and O–H groups in total. The predicted octanol–water partition coefficient (Wildman–Crippen LogP) is 1.41. The third-order valence-corrected chi connectivity index (χ3v) is 5.95. The number of ether oxygens (including phenoxy) is 1. The minimum atomic E-state index is -1.34. The van der Waals surface area contributed by atoms with E-state index >= 15 is 0 Å². The van der Waals surface area contributed by atoms with Crippen molar-refractivity contribution in [3.63, 3.8) is 0 Å². The van der Waals surface area contributed by atoms with E-state index in [0.717, 1.165) is 6.42 Å². The number of carbonyl (C=O) groups is 1. The second-order valence-electron chi connectivity index (χ2n) is 7.17. The summed E-state index contributed by atoms with van der Waals surface area (Å²) in [5.41, 5.74) is -1.67. The summed E-state index contributed by atoms with van der Waals surface area (Å²) >= 11 is 0. The first kappa shape index (κ1) is 13.1. The fourth-order valence-electron chi connectivity index (χ4n) is 4.58. The van der Waals surface area contributed by atoms with Crippen LogP contribution >= 0.6 is 0 Å². The van der Waals surface area contributed by atoms with E-state index in [1.54, 1.807) is 0 Å². The maximum absolute atomic E-state index is 11.8. The Balaban J connectivity index is 2.16. The molecule has 0 amide bonds. The molecule has 0 bridgehead atoms. The van der Waals surface area contributed by atoms with Crippen LogP contribution in [0, 0.1) is 16.7 Å². The third-order valence-electron chi connectivity index (χ3n) is 5.95. The molecule has 4 atom stereocenters. The van der Waals surface area contributed by atoms with Crippen LogP contribution in [-0.2, 0) is 9.53 Å². The van der Waals surface area contributed by atoms with Crippen LogP contribution in [0.3, 0.4) is 0 Å². The molecule has 0 aromatic heterocycles. The fraction of sp³-hybridized carbons (Fsp3) is 0.800. The molecule has 3 rings (SSSR count). The summed E-state index contributed by atoms with van der Waals surface area (Å²) < 4.78 is 5.07. The normalized spacial score (nSPS) is 48.1. The number of cyclic esters (lactones) is 1. The topological polar surface area (TPSA) is 66.8 Å². The Labute approximate surface area is 113 Å². The zero-order valence-corrected chi connectivity index (χ0v) is 11.8. The van der Waals surface area contributed by atoms with E-state index in [0.29, 0.717) is 18.4 Å². The highest BCUT2D eigenvalue weighted by atomic mass is 16.6. The van der Waals surface area contributed by atoms with Gasteiger partial charge in [-0.15, -0.1) is 0 Å². The van der Waals surface area contributed by atoms with Crippen LogP contribution in [0.1, 0.15) is 40.0 Å². The molecule has 1 heterocycles. The highest BCUT2D eigenvalue weighted by Gasteiger charge is 2.67. The van der Waals surface area contributed by atoms with Gasteiger partial charge in [-0.1, -0.05) is 26.8 Å². The lowest BCUT2D eigenvalue weighted by molar-refractivity contribution is -0.199. The van der Waals surface area contributed by atoms with Crippen LogP contribution in [0.2, 0.25) is 0 Å². The average Bonchev–Trinajstić information content (AvgIpc) is 2.64. The minimum Gasteiger partial charge on any atom is -0.459 e. The van der Waals surface area contributed by atoms with Gasteiger partial charge in [-0.3, -0.25) is 0 Å². The van der Waals surface area contributed by atoms with Crippen LogP contribution in [0.5, 0.6) is 0 Å². The molecule has 2 aliphatic carbocycles. The molecule has 0 radical (unpaired) electrons. The SMILES string of the molecule is CC1(C)CC[C@H](O)[C@@]2(C)[C@H]1CC=C1C(=O)OC[C@@]12O. The second-order valence-corrected chi connectivity index (χ2v) is 7.17. The van der Waals surface area contributed by atoms with Gasteiger partial charge in [-0.25, -0.2) is 4.79 Å². The summed E-state index contributed by atoms with van der Waals surface area (Å²) in [7, 11) is 0. The van der Waals surface area contributed by atoms with E-state index in [1.807, 2.05) is 13.0 Å². The number of esters is 1. The van der Waals surface area contributed by atoms with Crippen molar-refractivity contribution in [3.8, 4) is 0 Å². The van der Waals surface area contributed by atoms with Gasteiger partial charge < -0.3 is 14.9 Å². The maximum atomic E-state index is 11.8. The Morgan fingerprint density at radius 3 is 2.74 bits per heavy atom. The zero-order valence-electron chi connectivity index (χ0n) is 11.8. The van der Waals surface area contributed by atoms with Crippen LogP contribution in [0.4, 0.5) is 0 Å². The first-order valence-corrected chi connectivity index (χ1v) is 7.02. The molecule has 4 nitrogen and oxygen atoms in total. The Morgan fingerprint density at radius 1 is 1.37 bits per heavy atom. The molecule has 4 heteroatoms. The van der Waals surface area contributed by atoms with Crippen molar-refractivity contribution in [2.45, 2.75) is 51.7 Å².